The van der Waals surface area contributed by atoms with E-state index in [0.717, 1.165) is 38.5 Å². The van der Waals surface area contributed by atoms with Crippen LogP contribution in [0.5, 0.6) is 0 Å². The van der Waals surface area contributed by atoms with Crippen molar-refractivity contribution in [2.24, 2.45) is 62.4 Å². The zero-order chi connectivity index (χ0) is 30.9. The number of nitrogens with two attached hydrogens (primary N) is 1. The van der Waals surface area contributed by atoms with Crippen LogP contribution in [0.3, 0.4) is 0 Å². The third-order valence-electron chi connectivity index (χ3n) is 14.0. The molecule has 238 valence electrons. The second kappa shape index (κ2) is 10.9. The van der Waals surface area contributed by atoms with Gasteiger partial charge in [-0.3, -0.25) is 9.59 Å². The standard InChI is InChI=1S/C35H57NO6/c1-21(2)22(3)31(5)14-15-33(7)24-10-11-27-32(6)19-40-20-35(27,25(24)12-13-34(33,8)28(31)30(38)39)18-26(42-23(4)37)29(32)41-17-9-16-36/h12,21-22,24,26-29H,9-11,13-20,36H2,1-8H3,(H,38,39)/t22-,24+,26-,27+,28-,29+,31-,32-,33-,34+,35+/m1/s1. The molecule has 5 aliphatic rings. The topological polar surface area (TPSA) is 108 Å². The van der Waals surface area contributed by atoms with Gasteiger partial charge in [0.15, 0.2) is 0 Å². The maximum Gasteiger partial charge on any atom is 0.307 e. The number of fused-ring (bicyclic) bond motifs is 3. The molecule has 2 bridgehead atoms. The van der Waals surface area contributed by atoms with E-state index in [-0.39, 0.29) is 51.2 Å². The summed E-state index contributed by atoms with van der Waals surface area (Å²) in [6, 6.07) is 0. The van der Waals surface area contributed by atoms with Crippen molar-refractivity contribution in [1.29, 1.82) is 0 Å². The zero-order valence-electron chi connectivity index (χ0n) is 27.5. The van der Waals surface area contributed by atoms with Crippen molar-refractivity contribution >= 4 is 11.9 Å². The number of aliphatic carboxylic acids is 1. The average molecular weight is 588 g/mol. The highest BCUT2D eigenvalue weighted by atomic mass is 16.6. The van der Waals surface area contributed by atoms with Crippen LogP contribution in [0.4, 0.5) is 0 Å². The third-order valence-corrected chi connectivity index (χ3v) is 14.0. The van der Waals surface area contributed by atoms with Crippen molar-refractivity contribution in [3.8, 4) is 0 Å². The van der Waals surface area contributed by atoms with Crippen LogP contribution in [0.2, 0.25) is 0 Å². The molecule has 5 rings (SSSR count). The van der Waals surface area contributed by atoms with E-state index >= 15 is 0 Å². The number of rotatable bonds is 8. The molecular weight excluding hydrogens is 530 g/mol. The van der Waals surface area contributed by atoms with Gasteiger partial charge in [-0.05, 0) is 91.4 Å². The molecule has 1 saturated heterocycles. The minimum atomic E-state index is -0.638. The maximum atomic E-state index is 13.3. The lowest BCUT2D eigenvalue weighted by Gasteiger charge is -2.71. The van der Waals surface area contributed by atoms with Crippen LogP contribution in [-0.2, 0) is 23.8 Å². The van der Waals surface area contributed by atoms with Gasteiger partial charge in [0.05, 0.1) is 19.1 Å². The molecule has 4 fully saturated rings. The normalized spacial score (nSPS) is 47.0. The van der Waals surface area contributed by atoms with E-state index in [1.54, 1.807) is 0 Å². The number of carbonyl (C=O) groups excluding carboxylic acids is 1. The van der Waals surface area contributed by atoms with Gasteiger partial charge in [0.2, 0.25) is 0 Å². The van der Waals surface area contributed by atoms with Crippen molar-refractivity contribution < 1.29 is 28.9 Å². The van der Waals surface area contributed by atoms with Gasteiger partial charge >= 0.3 is 11.9 Å². The van der Waals surface area contributed by atoms with E-state index in [0.29, 0.717) is 50.5 Å². The molecule has 7 nitrogen and oxygen atoms in total. The van der Waals surface area contributed by atoms with Crippen LogP contribution < -0.4 is 5.73 Å². The smallest absolute Gasteiger partial charge is 0.307 e. The molecule has 11 atom stereocenters. The predicted molar refractivity (Wildman–Crippen MR) is 163 cm³/mol. The van der Waals surface area contributed by atoms with E-state index < -0.39 is 11.9 Å². The molecule has 3 saturated carbocycles. The van der Waals surface area contributed by atoms with E-state index in [1.807, 2.05) is 0 Å². The second-order valence-corrected chi connectivity index (χ2v) is 16.1. The Labute approximate surface area is 253 Å². The molecule has 0 aromatic heterocycles. The first-order valence-corrected chi connectivity index (χ1v) is 16.6. The maximum absolute atomic E-state index is 13.3. The Morgan fingerprint density at radius 2 is 1.81 bits per heavy atom. The summed E-state index contributed by atoms with van der Waals surface area (Å²) in [6.07, 6.45) is 8.13. The highest BCUT2D eigenvalue weighted by Gasteiger charge is 2.72. The van der Waals surface area contributed by atoms with Crippen molar-refractivity contribution in [2.75, 3.05) is 26.4 Å². The number of ether oxygens (including phenoxy) is 3. The molecule has 1 heterocycles. The van der Waals surface area contributed by atoms with Crippen LogP contribution in [0.25, 0.3) is 0 Å². The second-order valence-electron chi connectivity index (χ2n) is 16.1. The lowest BCUT2D eigenvalue weighted by molar-refractivity contribution is -0.267. The monoisotopic (exact) mass is 587 g/mol. The number of hydrogen-bond acceptors (Lipinski definition) is 6. The SMILES string of the molecule is CC(=O)O[C@@H]1C[C@@]23COC[C@](C)([C@@H]2CC[C@H]2C3=CC[C@@]3(C)[C@H](C(=O)O)[C@@](C)([C@H](C)C(C)C)CC[C@]23C)[C@H]1OCCCN. The number of hydrogen-bond donors (Lipinski definition) is 2. The van der Waals surface area contributed by atoms with E-state index in [1.165, 1.54) is 12.5 Å². The summed E-state index contributed by atoms with van der Waals surface area (Å²) in [6.45, 7) is 19.8. The quantitative estimate of drug-likeness (QED) is 0.197. The van der Waals surface area contributed by atoms with Gasteiger partial charge in [0.1, 0.15) is 12.2 Å². The summed E-state index contributed by atoms with van der Waals surface area (Å²) in [5, 5.41) is 10.9. The lowest BCUT2D eigenvalue weighted by Crippen LogP contribution is -2.70. The molecule has 4 aliphatic carbocycles. The highest BCUT2D eigenvalue weighted by molar-refractivity contribution is 5.73. The van der Waals surface area contributed by atoms with Crippen molar-refractivity contribution in [3.63, 3.8) is 0 Å². The Balaban J connectivity index is 1.59. The molecule has 0 radical (unpaired) electrons. The van der Waals surface area contributed by atoms with Gasteiger partial charge in [-0.15, -0.1) is 0 Å². The molecule has 0 unspecified atom stereocenters. The molecule has 0 amide bonds. The summed E-state index contributed by atoms with van der Waals surface area (Å²) in [4.78, 5) is 25.7. The summed E-state index contributed by atoms with van der Waals surface area (Å²) >= 11 is 0. The molecule has 0 spiro atoms. The number of carboxylic acids is 1. The largest absolute Gasteiger partial charge is 0.481 e. The van der Waals surface area contributed by atoms with Crippen molar-refractivity contribution in [1.82, 2.24) is 0 Å². The summed E-state index contributed by atoms with van der Waals surface area (Å²) < 4.78 is 19.1. The zero-order valence-corrected chi connectivity index (χ0v) is 27.5. The Kier molecular flexibility index (Phi) is 8.27. The minimum Gasteiger partial charge on any atom is -0.481 e. The fourth-order valence-electron chi connectivity index (χ4n) is 11.5. The lowest BCUT2D eigenvalue weighted by atomic mass is 9.34. The first-order valence-electron chi connectivity index (χ1n) is 16.6. The van der Waals surface area contributed by atoms with E-state index in [2.05, 4.69) is 54.5 Å². The number of allylic oxidation sites excluding steroid dienone is 1. The van der Waals surface area contributed by atoms with Gasteiger partial charge in [0, 0.05) is 24.4 Å². The van der Waals surface area contributed by atoms with Gasteiger partial charge in [0.25, 0.3) is 0 Å². The number of carboxylic acid groups (broad SMARTS) is 1. The molecule has 0 aromatic rings. The molecular formula is C35H57NO6. The Morgan fingerprint density at radius 1 is 1.10 bits per heavy atom. The summed E-state index contributed by atoms with van der Waals surface area (Å²) in [5.74, 6) is 0.0474. The molecule has 42 heavy (non-hydrogen) atoms. The predicted octanol–water partition coefficient (Wildman–Crippen LogP) is 6.24. The Bertz CT molecular complexity index is 1110. The Morgan fingerprint density at radius 3 is 2.43 bits per heavy atom. The van der Waals surface area contributed by atoms with Crippen LogP contribution in [-0.4, -0.2) is 55.6 Å². The van der Waals surface area contributed by atoms with Gasteiger partial charge in [-0.1, -0.05) is 60.1 Å². The number of esters is 1. The minimum absolute atomic E-state index is 0.144. The fraction of sp³-hybridized carbons (Fsp3) is 0.886. The van der Waals surface area contributed by atoms with Gasteiger partial charge < -0.3 is 25.1 Å². The van der Waals surface area contributed by atoms with E-state index in [4.69, 9.17) is 19.9 Å². The summed E-state index contributed by atoms with van der Waals surface area (Å²) in [5.41, 5.74) is 5.95. The summed E-state index contributed by atoms with van der Waals surface area (Å²) in [7, 11) is 0. The first kappa shape index (κ1) is 32.0. The van der Waals surface area contributed by atoms with Crippen LogP contribution in [0, 0.1) is 56.7 Å². The van der Waals surface area contributed by atoms with E-state index in [9.17, 15) is 14.7 Å². The molecule has 3 N–H and O–H groups in total. The first-order chi connectivity index (χ1) is 19.6. The highest BCUT2D eigenvalue weighted by Crippen LogP contribution is 2.75. The average Bonchev–Trinajstić information content (AvgIpc) is 2.90. The fourth-order valence-corrected chi connectivity index (χ4v) is 11.5. The third kappa shape index (κ3) is 4.37. The van der Waals surface area contributed by atoms with Crippen LogP contribution in [0.1, 0.15) is 100 Å². The van der Waals surface area contributed by atoms with Gasteiger partial charge in [-0.25, -0.2) is 0 Å². The van der Waals surface area contributed by atoms with Gasteiger partial charge in [-0.2, -0.15) is 0 Å². The van der Waals surface area contributed by atoms with Crippen LogP contribution >= 0.6 is 0 Å². The molecule has 1 aliphatic heterocycles. The molecule has 7 heteroatoms. The Hall–Kier alpha value is -1.44. The van der Waals surface area contributed by atoms with Crippen LogP contribution in [0.15, 0.2) is 11.6 Å². The van der Waals surface area contributed by atoms with Crippen molar-refractivity contribution in [3.05, 3.63) is 11.6 Å². The molecule has 0 aromatic carbocycles. The van der Waals surface area contributed by atoms with Crippen molar-refractivity contribution in [2.45, 2.75) is 113 Å². The number of carbonyl (C=O) groups is 2.